The molecular weight excluding hydrogens is 472 g/mol. The van der Waals surface area contributed by atoms with Gasteiger partial charge in [0.05, 0.1) is 18.0 Å². The second kappa shape index (κ2) is 10.4. The summed E-state index contributed by atoms with van der Waals surface area (Å²) in [6.45, 7) is 2.19. The predicted octanol–water partition coefficient (Wildman–Crippen LogP) is 4.33. The van der Waals surface area contributed by atoms with Crippen LogP contribution in [-0.2, 0) is 22.6 Å². The molecular formula is C28H26N4O3S. The summed E-state index contributed by atoms with van der Waals surface area (Å²) < 4.78 is 5.25. The van der Waals surface area contributed by atoms with Crippen molar-refractivity contribution in [2.45, 2.75) is 31.2 Å². The number of fused-ring (bicyclic) bond motifs is 3. The maximum absolute atomic E-state index is 13.5. The van der Waals surface area contributed by atoms with Gasteiger partial charge in [-0.1, -0.05) is 66.4 Å². The summed E-state index contributed by atoms with van der Waals surface area (Å²) in [6.07, 6.45) is 0.510. The van der Waals surface area contributed by atoms with Gasteiger partial charge in [-0.2, -0.15) is 0 Å². The summed E-state index contributed by atoms with van der Waals surface area (Å²) in [5.41, 5.74) is 3.55. The monoisotopic (exact) mass is 498 g/mol. The van der Waals surface area contributed by atoms with Gasteiger partial charge in [0.1, 0.15) is 17.6 Å². The number of para-hydroxylation sites is 1. The van der Waals surface area contributed by atoms with Crippen LogP contribution in [-0.4, -0.2) is 46.1 Å². The largest absolute Gasteiger partial charge is 0.497 e. The van der Waals surface area contributed by atoms with E-state index in [1.165, 1.54) is 11.8 Å². The Bertz CT molecular complexity index is 1360. The van der Waals surface area contributed by atoms with Crippen molar-refractivity contribution in [1.82, 2.24) is 10.2 Å². The van der Waals surface area contributed by atoms with E-state index in [9.17, 15) is 9.59 Å². The molecule has 2 unspecified atom stereocenters. The highest BCUT2D eigenvalue weighted by Gasteiger charge is 2.42. The minimum absolute atomic E-state index is 0.126. The van der Waals surface area contributed by atoms with E-state index in [4.69, 9.17) is 14.7 Å². The average Bonchev–Trinajstić information content (AvgIpc) is 3.24. The molecule has 2 heterocycles. The summed E-state index contributed by atoms with van der Waals surface area (Å²) in [5, 5.41) is 2.97. The number of nitrogens with one attached hydrogen (secondary N) is 1. The highest BCUT2D eigenvalue weighted by Crippen LogP contribution is 2.35. The number of amides is 2. The highest BCUT2D eigenvalue weighted by atomic mass is 32.2. The molecule has 0 fully saturated rings. The van der Waals surface area contributed by atoms with Crippen molar-refractivity contribution >= 4 is 40.3 Å². The number of benzene rings is 3. The van der Waals surface area contributed by atoms with Crippen LogP contribution in [0.25, 0.3) is 0 Å². The van der Waals surface area contributed by atoms with Gasteiger partial charge in [-0.3, -0.25) is 14.6 Å². The first-order valence-corrected chi connectivity index (χ1v) is 12.6. The fourth-order valence-electron chi connectivity index (χ4n) is 4.18. The quantitative estimate of drug-likeness (QED) is 0.526. The zero-order valence-electron chi connectivity index (χ0n) is 20.0. The van der Waals surface area contributed by atoms with Crippen molar-refractivity contribution < 1.29 is 14.3 Å². The van der Waals surface area contributed by atoms with E-state index >= 15 is 0 Å². The van der Waals surface area contributed by atoms with Crippen LogP contribution in [0.4, 0.5) is 5.69 Å². The lowest BCUT2D eigenvalue weighted by Crippen LogP contribution is -2.43. The second-order valence-electron chi connectivity index (χ2n) is 8.57. The van der Waals surface area contributed by atoms with Crippen LogP contribution in [0, 0.1) is 0 Å². The van der Waals surface area contributed by atoms with E-state index in [-0.39, 0.29) is 11.8 Å². The summed E-state index contributed by atoms with van der Waals surface area (Å²) in [5.74, 6) is 1.07. The van der Waals surface area contributed by atoms with E-state index in [0.29, 0.717) is 24.0 Å². The molecule has 182 valence electrons. The Kier molecular flexibility index (Phi) is 6.86. The lowest BCUT2D eigenvalue weighted by Gasteiger charge is -2.27. The van der Waals surface area contributed by atoms with Gasteiger partial charge in [0.2, 0.25) is 5.91 Å². The molecule has 2 atom stereocenters. The number of ether oxygens (including phenoxy) is 1. The first kappa shape index (κ1) is 23.8. The van der Waals surface area contributed by atoms with Crippen molar-refractivity contribution in [3.05, 3.63) is 95.6 Å². The number of hydrogen-bond acceptors (Lipinski definition) is 6. The van der Waals surface area contributed by atoms with Crippen LogP contribution in [0.5, 0.6) is 5.75 Å². The van der Waals surface area contributed by atoms with E-state index < -0.39 is 11.3 Å². The molecule has 5 rings (SSSR count). The van der Waals surface area contributed by atoms with Crippen molar-refractivity contribution in [1.29, 1.82) is 0 Å². The number of amidine groups is 2. The Hall–Kier alpha value is -3.91. The molecule has 2 aliphatic rings. The van der Waals surface area contributed by atoms with E-state index in [2.05, 4.69) is 5.32 Å². The van der Waals surface area contributed by atoms with Crippen LogP contribution in [0.15, 0.2) is 88.8 Å². The summed E-state index contributed by atoms with van der Waals surface area (Å²) in [6, 6.07) is 24.5. The summed E-state index contributed by atoms with van der Waals surface area (Å²) in [4.78, 5) is 37.5. The zero-order chi connectivity index (χ0) is 25.1. The first-order chi connectivity index (χ1) is 17.5. The highest BCUT2D eigenvalue weighted by molar-refractivity contribution is 8.15. The molecule has 0 aliphatic carbocycles. The smallest absolute Gasteiger partial charge is 0.259 e. The van der Waals surface area contributed by atoms with Gasteiger partial charge in [-0.25, -0.2) is 9.89 Å². The lowest BCUT2D eigenvalue weighted by molar-refractivity contribution is -0.124. The van der Waals surface area contributed by atoms with Crippen LogP contribution < -0.4 is 10.1 Å². The van der Waals surface area contributed by atoms with Gasteiger partial charge in [0.15, 0.2) is 5.17 Å². The number of carbonyl (C=O) groups excluding carboxylic acids is 2. The van der Waals surface area contributed by atoms with Gasteiger partial charge in [-0.15, -0.1) is 0 Å². The molecule has 0 bridgehead atoms. The average molecular weight is 499 g/mol. The number of rotatable bonds is 7. The van der Waals surface area contributed by atoms with Crippen LogP contribution in [0.3, 0.4) is 0 Å². The standard InChI is InChI=1S/C28H26N4O3S/c1-18(26(33)29-17-20-11-8-12-21(15-20)35-2)36-28-31-23-14-7-6-13-22(23)25-30-24(27(34)32(25)28)16-19-9-4-3-5-10-19/h3-15,18,24H,16-17H2,1-2H3,(H,29,33). The van der Waals surface area contributed by atoms with E-state index in [0.717, 1.165) is 28.1 Å². The maximum Gasteiger partial charge on any atom is 0.259 e. The van der Waals surface area contributed by atoms with Crippen LogP contribution >= 0.6 is 11.8 Å². The SMILES string of the molecule is COc1cccc(CNC(=O)C(C)SC2=Nc3ccccc3C3=NC(Cc4ccccc4)C(=O)N23)c1. The fourth-order valence-corrected chi connectivity index (χ4v) is 5.12. The molecule has 0 saturated heterocycles. The molecule has 3 aromatic carbocycles. The number of thioether (sulfide) groups is 1. The van der Waals surface area contributed by atoms with Gasteiger partial charge >= 0.3 is 0 Å². The molecule has 7 nitrogen and oxygen atoms in total. The lowest BCUT2D eigenvalue weighted by atomic mass is 10.1. The molecule has 36 heavy (non-hydrogen) atoms. The number of aliphatic imine (C=N–C) groups is 2. The second-order valence-corrected chi connectivity index (χ2v) is 9.88. The first-order valence-electron chi connectivity index (χ1n) is 11.7. The van der Waals surface area contributed by atoms with Gasteiger partial charge < -0.3 is 10.1 Å². The third kappa shape index (κ3) is 4.90. The Morgan fingerprint density at radius 2 is 1.81 bits per heavy atom. The van der Waals surface area contributed by atoms with Crippen molar-refractivity contribution in [2.75, 3.05) is 7.11 Å². The minimum atomic E-state index is -0.531. The summed E-state index contributed by atoms with van der Waals surface area (Å²) in [7, 11) is 1.61. The van der Waals surface area contributed by atoms with Crippen molar-refractivity contribution in [3.63, 3.8) is 0 Å². The minimum Gasteiger partial charge on any atom is -0.497 e. The maximum atomic E-state index is 13.5. The number of methoxy groups -OCH3 is 1. The molecule has 8 heteroatoms. The Labute approximate surface area is 214 Å². The normalized spacial score (nSPS) is 17.0. The molecule has 0 radical (unpaired) electrons. The van der Waals surface area contributed by atoms with Gasteiger partial charge in [0, 0.05) is 18.5 Å². The Morgan fingerprint density at radius 3 is 2.61 bits per heavy atom. The Balaban J connectivity index is 1.33. The van der Waals surface area contributed by atoms with E-state index in [1.807, 2.05) is 85.8 Å². The number of nitrogens with zero attached hydrogens (tertiary/aromatic N) is 3. The molecule has 0 spiro atoms. The van der Waals surface area contributed by atoms with Crippen molar-refractivity contribution in [3.8, 4) is 5.75 Å². The molecule has 1 N–H and O–H groups in total. The topological polar surface area (TPSA) is 83.4 Å². The molecule has 2 aliphatic heterocycles. The molecule has 0 aromatic heterocycles. The van der Waals surface area contributed by atoms with Crippen molar-refractivity contribution in [2.24, 2.45) is 9.98 Å². The predicted molar refractivity (Wildman–Crippen MR) is 143 cm³/mol. The third-order valence-corrected chi connectivity index (χ3v) is 7.12. The third-order valence-electron chi connectivity index (χ3n) is 6.07. The number of hydrogen-bond donors (Lipinski definition) is 1. The van der Waals surface area contributed by atoms with Gasteiger partial charge in [-0.05, 0) is 42.3 Å². The zero-order valence-corrected chi connectivity index (χ0v) is 20.9. The molecule has 2 amide bonds. The molecule has 3 aromatic rings. The van der Waals surface area contributed by atoms with Gasteiger partial charge in [0.25, 0.3) is 5.91 Å². The molecule has 0 saturated carbocycles. The fraction of sp³-hybridized carbons (Fsp3) is 0.214. The summed E-state index contributed by atoms with van der Waals surface area (Å²) >= 11 is 1.26. The Morgan fingerprint density at radius 1 is 1.06 bits per heavy atom. The van der Waals surface area contributed by atoms with Crippen LogP contribution in [0.2, 0.25) is 0 Å². The van der Waals surface area contributed by atoms with E-state index in [1.54, 1.807) is 12.0 Å². The number of carbonyl (C=O) groups is 2. The van der Waals surface area contributed by atoms with Crippen LogP contribution in [0.1, 0.15) is 23.6 Å².